The number of pyridine rings is 1. The van der Waals surface area contributed by atoms with Gasteiger partial charge in [0.05, 0.1) is 29.0 Å². The van der Waals surface area contributed by atoms with E-state index in [0.717, 1.165) is 21.8 Å². The van der Waals surface area contributed by atoms with Crippen LogP contribution < -0.4 is 10.6 Å². The summed E-state index contributed by atoms with van der Waals surface area (Å²) in [6.45, 7) is 6.59. The summed E-state index contributed by atoms with van der Waals surface area (Å²) in [4.78, 5) is 36.2. The van der Waals surface area contributed by atoms with Crippen molar-refractivity contribution in [1.82, 2.24) is 20.2 Å². The predicted molar refractivity (Wildman–Crippen MR) is 129 cm³/mol. The molecule has 35 heavy (non-hydrogen) atoms. The number of thiazole rings is 1. The minimum atomic E-state index is -3.14. The number of halogens is 2. The Morgan fingerprint density at radius 3 is 2.51 bits per heavy atom. The average Bonchev–Trinajstić information content (AvgIpc) is 3.26. The van der Waals surface area contributed by atoms with Gasteiger partial charge in [0.2, 0.25) is 0 Å². The topological polar surface area (TPSA) is 121 Å². The molecule has 13 heteroatoms. The van der Waals surface area contributed by atoms with Crippen LogP contribution in [0.2, 0.25) is 0 Å². The molecule has 0 saturated carbocycles. The van der Waals surface area contributed by atoms with Crippen molar-refractivity contribution in [2.75, 3.05) is 23.4 Å². The number of amides is 2. The highest BCUT2D eigenvalue weighted by atomic mass is 32.2. The number of aryl methyl sites for hydroxylation is 1. The summed E-state index contributed by atoms with van der Waals surface area (Å²) in [6.07, 6.45) is 1.12. The first kappa shape index (κ1) is 25.4. The summed E-state index contributed by atoms with van der Waals surface area (Å²) in [5.74, 6) is -3.97. The lowest BCUT2D eigenvalue weighted by Crippen LogP contribution is -2.52. The number of hydrogen-bond donors (Lipinski definition) is 2. The molecule has 0 aromatic carbocycles. The molecule has 0 unspecified atom stereocenters. The fraction of sp³-hybridized carbons (Fsp3) is 0.545. The van der Waals surface area contributed by atoms with Gasteiger partial charge in [-0.25, -0.2) is 27.2 Å². The number of sulfone groups is 1. The van der Waals surface area contributed by atoms with Crippen molar-refractivity contribution < 1.29 is 26.8 Å². The maximum absolute atomic E-state index is 14.0. The monoisotopic (exact) mass is 527 g/mol. The van der Waals surface area contributed by atoms with Crippen LogP contribution in [0, 0.1) is 6.92 Å². The second-order valence-electron chi connectivity index (χ2n) is 9.47. The molecule has 2 aromatic heterocycles. The molecule has 2 aliphatic rings. The number of alkyl halides is 2. The second-order valence-corrected chi connectivity index (χ2v) is 12.6. The third-order valence-corrected chi connectivity index (χ3v) is 8.76. The Morgan fingerprint density at radius 1 is 1.29 bits per heavy atom. The number of rotatable bonds is 6. The smallest absolute Gasteiger partial charge is 0.280 e. The number of carbonyl (C=O) groups excluding carboxylic acids is 2. The van der Waals surface area contributed by atoms with Crippen molar-refractivity contribution in [3.8, 4) is 10.4 Å². The van der Waals surface area contributed by atoms with Crippen molar-refractivity contribution >= 4 is 38.8 Å². The van der Waals surface area contributed by atoms with E-state index < -0.39 is 52.6 Å². The Kier molecular flexibility index (Phi) is 6.60. The Bertz CT molecular complexity index is 1270. The normalized spacial score (nSPS) is 21.1. The highest BCUT2D eigenvalue weighted by molar-refractivity contribution is 7.92. The number of aromatic nitrogens is 2. The van der Waals surface area contributed by atoms with E-state index in [-0.39, 0.29) is 28.2 Å². The molecule has 0 spiro atoms. The second kappa shape index (κ2) is 9.08. The quantitative estimate of drug-likeness (QED) is 0.593. The summed E-state index contributed by atoms with van der Waals surface area (Å²) in [7, 11) is -3.14. The molecule has 9 nitrogen and oxygen atoms in total. The summed E-state index contributed by atoms with van der Waals surface area (Å²) in [6, 6.07) is 0.731. The molecule has 2 N–H and O–H groups in total. The number of hydrogen-bond acceptors (Lipinski definition) is 8. The van der Waals surface area contributed by atoms with Crippen molar-refractivity contribution in [3.05, 3.63) is 28.5 Å². The van der Waals surface area contributed by atoms with Crippen LogP contribution in [0.15, 0.2) is 12.3 Å². The van der Waals surface area contributed by atoms with Crippen LogP contribution in [-0.2, 0) is 9.84 Å². The standard InChI is InChI=1S/C22H27F2N5O4S2/c1-11(2)26-16-5-12(3)15(7-25-16)18-17(21(31)29-10-22(23,24)6-13(29)4)28-20(34-18)19(30)27-14-8-35(32,33)9-14/h5,7,11,13-14H,6,8-10H2,1-4H3,(H,25,26)(H,27,30)/t13-/m0/s1. The van der Waals surface area contributed by atoms with Gasteiger partial charge in [-0.2, -0.15) is 0 Å². The summed E-state index contributed by atoms with van der Waals surface area (Å²) in [5, 5.41) is 5.76. The largest absolute Gasteiger partial charge is 0.368 e. The van der Waals surface area contributed by atoms with Gasteiger partial charge < -0.3 is 15.5 Å². The van der Waals surface area contributed by atoms with Crippen LogP contribution in [0.3, 0.4) is 0 Å². The summed E-state index contributed by atoms with van der Waals surface area (Å²) in [5.41, 5.74) is 1.22. The van der Waals surface area contributed by atoms with E-state index in [9.17, 15) is 26.8 Å². The molecule has 2 saturated heterocycles. The van der Waals surface area contributed by atoms with E-state index in [0.29, 0.717) is 16.3 Å². The summed E-state index contributed by atoms with van der Waals surface area (Å²) < 4.78 is 50.8. The fourth-order valence-electron chi connectivity index (χ4n) is 4.23. The minimum Gasteiger partial charge on any atom is -0.368 e. The minimum absolute atomic E-state index is 0.0463. The maximum atomic E-state index is 14.0. The molecule has 4 heterocycles. The first-order valence-electron chi connectivity index (χ1n) is 11.2. The van der Waals surface area contributed by atoms with E-state index in [1.165, 1.54) is 0 Å². The first-order valence-corrected chi connectivity index (χ1v) is 13.8. The first-order chi connectivity index (χ1) is 16.2. The third kappa shape index (κ3) is 5.45. The molecule has 190 valence electrons. The van der Waals surface area contributed by atoms with Gasteiger partial charge in [0, 0.05) is 30.3 Å². The van der Waals surface area contributed by atoms with E-state index in [2.05, 4.69) is 20.6 Å². The van der Waals surface area contributed by atoms with Crippen molar-refractivity contribution in [2.24, 2.45) is 0 Å². The number of carbonyl (C=O) groups is 2. The van der Waals surface area contributed by atoms with Gasteiger partial charge >= 0.3 is 0 Å². The molecule has 2 aromatic rings. The predicted octanol–water partition coefficient (Wildman–Crippen LogP) is 2.73. The lowest BCUT2D eigenvalue weighted by atomic mass is 10.1. The van der Waals surface area contributed by atoms with Crippen molar-refractivity contribution in [3.63, 3.8) is 0 Å². The maximum Gasteiger partial charge on any atom is 0.280 e. The van der Waals surface area contributed by atoms with Crippen LogP contribution in [0.5, 0.6) is 0 Å². The molecular formula is C22H27F2N5O4S2. The fourth-order valence-corrected chi connectivity index (χ4v) is 6.56. The number of anilines is 1. The highest BCUT2D eigenvalue weighted by Crippen LogP contribution is 2.37. The molecule has 2 fully saturated rings. The van der Waals surface area contributed by atoms with Crippen LogP contribution in [0.4, 0.5) is 14.6 Å². The SMILES string of the molecule is Cc1cc(NC(C)C)ncc1-c1sc(C(=O)NC2CS(=O)(=O)C2)nc1C(=O)N1CC(F)(F)C[C@@H]1C. The molecule has 0 bridgehead atoms. The van der Waals surface area contributed by atoms with Crippen molar-refractivity contribution in [2.45, 2.75) is 58.2 Å². The number of nitrogens with one attached hydrogen (secondary N) is 2. The molecule has 2 amide bonds. The van der Waals surface area contributed by atoms with Gasteiger partial charge in [-0.05, 0) is 39.3 Å². The van der Waals surface area contributed by atoms with Gasteiger partial charge in [-0.15, -0.1) is 11.3 Å². The Morgan fingerprint density at radius 2 is 1.97 bits per heavy atom. The zero-order valence-electron chi connectivity index (χ0n) is 19.8. The molecule has 0 aliphatic carbocycles. The molecule has 1 atom stereocenters. The zero-order chi connectivity index (χ0) is 25.7. The van der Waals surface area contributed by atoms with Crippen LogP contribution in [-0.4, -0.2) is 77.2 Å². The Balaban J connectivity index is 1.70. The Hall–Kier alpha value is -2.67. The van der Waals surface area contributed by atoms with Gasteiger partial charge in [0.25, 0.3) is 17.7 Å². The average molecular weight is 528 g/mol. The van der Waals surface area contributed by atoms with E-state index in [1.807, 2.05) is 20.8 Å². The van der Waals surface area contributed by atoms with E-state index >= 15 is 0 Å². The molecular weight excluding hydrogens is 500 g/mol. The number of likely N-dealkylation sites (tertiary alicyclic amines) is 1. The molecule has 0 radical (unpaired) electrons. The van der Waals surface area contributed by atoms with Gasteiger partial charge in [-0.1, -0.05) is 0 Å². The van der Waals surface area contributed by atoms with Crippen LogP contribution >= 0.6 is 11.3 Å². The lowest BCUT2D eigenvalue weighted by molar-refractivity contribution is 0.0118. The highest BCUT2D eigenvalue weighted by Gasteiger charge is 2.46. The van der Waals surface area contributed by atoms with Gasteiger partial charge in [0.1, 0.15) is 11.5 Å². The lowest BCUT2D eigenvalue weighted by Gasteiger charge is -2.25. The summed E-state index contributed by atoms with van der Waals surface area (Å²) >= 11 is 0.951. The van der Waals surface area contributed by atoms with E-state index in [4.69, 9.17) is 0 Å². The molecule has 2 aliphatic heterocycles. The van der Waals surface area contributed by atoms with Crippen molar-refractivity contribution in [1.29, 1.82) is 0 Å². The van der Waals surface area contributed by atoms with Gasteiger partial charge in [0.15, 0.2) is 14.8 Å². The van der Waals surface area contributed by atoms with Crippen LogP contribution in [0.1, 0.15) is 53.0 Å². The van der Waals surface area contributed by atoms with Crippen LogP contribution in [0.25, 0.3) is 10.4 Å². The zero-order valence-corrected chi connectivity index (χ0v) is 21.4. The Labute approximate surface area is 206 Å². The number of nitrogens with zero attached hydrogens (tertiary/aromatic N) is 3. The molecule has 4 rings (SSSR count). The third-order valence-electron chi connectivity index (χ3n) is 5.85. The van der Waals surface area contributed by atoms with E-state index in [1.54, 1.807) is 19.2 Å². The van der Waals surface area contributed by atoms with Gasteiger partial charge in [-0.3, -0.25) is 9.59 Å².